The van der Waals surface area contributed by atoms with Gasteiger partial charge in [0.1, 0.15) is 33.0 Å². The van der Waals surface area contributed by atoms with Gasteiger partial charge in [-0.1, -0.05) is 30.3 Å². The van der Waals surface area contributed by atoms with Gasteiger partial charge in [0.25, 0.3) is 0 Å². The molecule has 0 aliphatic heterocycles. The average molecular weight is 487 g/mol. The normalized spacial score (nSPS) is 14.5. The van der Waals surface area contributed by atoms with E-state index in [2.05, 4.69) is 8.62 Å². The van der Waals surface area contributed by atoms with Crippen molar-refractivity contribution < 1.29 is 77.8 Å². The minimum Gasteiger partial charge on any atom is -0.781 e. The van der Waals surface area contributed by atoms with Crippen LogP contribution in [0.25, 0.3) is 0 Å². The van der Waals surface area contributed by atoms with Gasteiger partial charge in [0, 0.05) is 0 Å². The van der Waals surface area contributed by atoms with Crippen LogP contribution in [0.3, 0.4) is 0 Å². The number of aliphatic hydroxyl groups is 1. The Morgan fingerprint density at radius 3 is 1.22 bits per heavy atom. The summed E-state index contributed by atoms with van der Waals surface area (Å²) in [5, 5.41) is 8.54. The first-order valence-corrected chi connectivity index (χ1v) is 9.93. The van der Waals surface area contributed by atoms with Crippen molar-refractivity contribution >= 4 is 33.0 Å². The molecule has 0 aliphatic carbocycles. The second-order valence-electron chi connectivity index (χ2n) is 2.85. The summed E-state index contributed by atoms with van der Waals surface area (Å²) >= 11 is 0. The van der Waals surface area contributed by atoms with Gasteiger partial charge in [0.2, 0.25) is 0 Å². The van der Waals surface area contributed by atoms with Crippen LogP contribution in [0.1, 0.15) is 5.56 Å². The largest absolute Gasteiger partial charge is 4.00 e. The minimum atomic E-state index is -3.51. The number of hydrogen-bond acceptors (Lipinski definition) is 11. The zero-order valence-electron chi connectivity index (χ0n) is 11.1. The van der Waals surface area contributed by atoms with Crippen LogP contribution in [0.5, 0.6) is 0 Å². The van der Waals surface area contributed by atoms with E-state index in [1.807, 2.05) is 30.3 Å². The molecule has 23 heavy (non-hydrogen) atoms. The van der Waals surface area contributed by atoms with Gasteiger partial charge in [-0.15, -0.1) is 0 Å². The van der Waals surface area contributed by atoms with Crippen molar-refractivity contribution in [3.05, 3.63) is 35.9 Å². The van der Waals surface area contributed by atoms with E-state index >= 15 is 0 Å². The summed E-state index contributed by atoms with van der Waals surface area (Å²) in [4.78, 5) is 37.1. The van der Waals surface area contributed by atoms with Gasteiger partial charge in [-0.25, -0.2) is 0 Å². The molecule has 1 N–H and O–H groups in total. The van der Waals surface area contributed by atoms with Gasteiger partial charge in [0.05, 0.1) is 6.61 Å². The SMILES string of the molecule is O=[PH]([O-])O[PH](=O)[O-].O=[PH]([O-])O[PH](=O)[O-].OCc1ccccc1.[Zr+4]. The van der Waals surface area contributed by atoms with Crippen LogP contribution < -0.4 is 19.6 Å². The van der Waals surface area contributed by atoms with Crippen molar-refractivity contribution in [3.8, 4) is 0 Å². The molecule has 1 rings (SSSR count). The molecule has 0 fully saturated rings. The molecule has 0 saturated carbocycles. The van der Waals surface area contributed by atoms with Crippen molar-refractivity contribution in [1.82, 2.24) is 0 Å². The maximum Gasteiger partial charge on any atom is 4.00 e. The Morgan fingerprint density at radius 2 is 1.09 bits per heavy atom. The smallest absolute Gasteiger partial charge is 0.781 e. The Morgan fingerprint density at radius 1 is 0.783 bits per heavy atom. The fourth-order valence-electron chi connectivity index (χ4n) is 0.720. The number of rotatable bonds is 5. The maximum absolute atomic E-state index is 9.29. The van der Waals surface area contributed by atoms with Crippen LogP contribution in [-0.2, 0) is 59.7 Å². The minimum absolute atomic E-state index is 0. The Kier molecular flexibility index (Phi) is 23.7. The standard InChI is InChI=1S/C7H8O.2H4O5P2.Zr/c8-6-7-4-2-1-3-5-7;2*1-6(2)5-7(3)4;/h1-5,8H,6H2;2*6-7H,(H,1,2)(H,3,4);/q;;;+4/p-4. The molecule has 4 atom stereocenters. The van der Waals surface area contributed by atoms with Gasteiger partial charge in [-0.2, -0.15) is 0 Å². The molecule has 0 spiro atoms. The van der Waals surface area contributed by atoms with Gasteiger partial charge in [-0.05, 0) is 5.56 Å². The Balaban J connectivity index is -0.000000257. The zero-order valence-corrected chi connectivity index (χ0v) is 17.6. The number of aliphatic hydroxyl groups excluding tert-OH is 1. The Labute approximate surface area is 153 Å². The molecule has 11 nitrogen and oxygen atoms in total. The average Bonchev–Trinajstić information content (AvgIpc) is 2.38. The van der Waals surface area contributed by atoms with Crippen LogP contribution in [0, 0.1) is 0 Å². The first-order chi connectivity index (χ1) is 10.2. The summed E-state index contributed by atoms with van der Waals surface area (Å²) in [5.41, 5.74) is 0.965. The molecule has 16 heteroatoms. The summed E-state index contributed by atoms with van der Waals surface area (Å²) in [5.74, 6) is 0. The van der Waals surface area contributed by atoms with E-state index in [-0.39, 0.29) is 32.8 Å². The third-order valence-electron chi connectivity index (χ3n) is 1.36. The second-order valence-corrected chi connectivity index (χ2v) is 6.48. The molecule has 1 aromatic rings. The fourth-order valence-corrected chi connectivity index (χ4v) is 1.81. The molecule has 1 aromatic carbocycles. The molecular formula is C7H12O11P4Zr. The summed E-state index contributed by atoms with van der Waals surface area (Å²) in [6.07, 6.45) is 0. The number of benzene rings is 1. The van der Waals surface area contributed by atoms with E-state index in [9.17, 15) is 37.8 Å². The first-order valence-electron chi connectivity index (χ1n) is 5.03. The van der Waals surface area contributed by atoms with E-state index in [0.717, 1.165) is 5.56 Å². The van der Waals surface area contributed by atoms with Gasteiger partial charge < -0.3 is 42.9 Å². The van der Waals surface area contributed by atoms with Crippen molar-refractivity contribution in [2.24, 2.45) is 0 Å². The summed E-state index contributed by atoms with van der Waals surface area (Å²) < 4.78 is 43.6. The van der Waals surface area contributed by atoms with Gasteiger partial charge >= 0.3 is 26.2 Å². The van der Waals surface area contributed by atoms with E-state index in [1.165, 1.54) is 0 Å². The molecule has 0 bridgehead atoms. The molecular weight excluding hydrogens is 475 g/mol. The Bertz CT molecular complexity index is 448. The summed E-state index contributed by atoms with van der Waals surface area (Å²) in [6.45, 7) is 0.140. The molecule has 0 heterocycles. The first kappa shape index (κ1) is 28.5. The van der Waals surface area contributed by atoms with E-state index in [4.69, 9.17) is 5.11 Å². The predicted molar refractivity (Wildman–Crippen MR) is 70.5 cm³/mol. The van der Waals surface area contributed by atoms with E-state index < -0.39 is 33.0 Å². The van der Waals surface area contributed by atoms with Crippen LogP contribution in [0.15, 0.2) is 30.3 Å². The topological polar surface area (TPSA) is 199 Å². The molecule has 0 amide bonds. The summed E-state index contributed by atoms with van der Waals surface area (Å²) in [7, 11) is -14.1. The molecule has 0 saturated heterocycles. The molecule has 4 unspecified atom stereocenters. The quantitative estimate of drug-likeness (QED) is 0.459. The molecule has 0 radical (unpaired) electrons. The third-order valence-corrected chi connectivity index (χ3v) is 4.03. The second kappa shape index (κ2) is 19.1. The molecule has 0 aliphatic rings. The Hall–Kier alpha value is 0.743. The van der Waals surface area contributed by atoms with Crippen molar-refractivity contribution in [3.63, 3.8) is 0 Å². The summed E-state index contributed by atoms with van der Waals surface area (Å²) in [6, 6.07) is 9.52. The predicted octanol–water partition coefficient (Wildman–Crippen LogP) is -1.82. The molecule has 130 valence electrons. The van der Waals surface area contributed by atoms with Crippen LogP contribution >= 0.6 is 33.0 Å². The van der Waals surface area contributed by atoms with Crippen LogP contribution in [-0.4, -0.2) is 5.11 Å². The molecule has 0 aromatic heterocycles. The van der Waals surface area contributed by atoms with Gasteiger partial charge in [-0.3, -0.25) is 8.62 Å². The maximum atomic E-state index is 9.29. The van der Waals surface area contributed by atoms with Crippen molar-refractivity contribution in [1.29, 1.82) is 0 Å². The van der Waals surface area contributed by atoms with Crippen LogP contribution in [0.2, 0.25) is 0 Å². The van der Waals surface area contributed by atoms with Crippen LogP contribution in [0.4, 0.5) is 0 Å². The third kappa shape index (κ3) is 27.9. The van der Waals surface area contributed by atoms with Crippen molar-refractivity contribution in [2.45, 2.75) is 6.61 Å². The fraction of sp³-hybridized carbons (Fsp3) is 0.143. The van der Waals surface area contributed by atoms with Crippen molar-refractivity contribution in [2.75, 3.05) is 0 Å². The van der Waals surface area contributed by atoms with E-state index in [1.54, 1.807) is 0 Å². The monoisotopic (exact) mass is 486 g/mol. The van der Waals surface area contributed by atoms with E-state index in [0.29, 0.717) is 0 Å². The van der Waals surface area contributed by atoms with Gasteiger partial charge in [0.15, 0.2) is 0 Å². The number of hydrogen-bond donors (Lipinski definition) is 1. The zero-order chi connectivity index (χ0) is 17.5.